The highest BCUT2D eigenvalue weighted by molar-refractivity contribution is 6.30. The minimum Gasteiger partial charge on any atom is -0.338 e. The summed E-state index contributed by atoms with van der Waals surface area (Å²) in [5.41, 5.74) is 0.674. The van der Waals surface area contributed by atoms with E-state index in [1.165, 1.54) is 24.3 Å². The molecule has 170 valence electrons. The SMILES string of the molecule is CC(C)(NC(=O)c1ccc(F)cc1)C(=O)N1CCC[C@@H]1c1ccnc(-c2cccc(Cl)c2)n1. The van der Waals surface area contributed by atoms with Gasteiger partial charge in [0.25, 0.3) is 5.91 Å². The van der Waals surface area contributed by atoms with Gasteiger partial charge in [0, 0.05) is 28.9 Å². The molecule has 0 aliphatic carbocycles. The van der Waals surface area contributed by atoms with Crippen LogP contribution in [0, 0.1) is 5.82 Å². The van der Waals surface area contributed by atoms with Crippen LogP contribution >= 0.6 is 11.6 Å². The van der Waals surface area contributed by atoms with Crippen LogP contribution in [-0.2, 0) is 4.79 Å². The van der Waals surface area contributed by atoms with Crippen LogP contribution in [0.2, 0.25) is 5.02 Å². The average molecular weight is 467 g/mol. The maximum absolute atomic E-state index is 13.5. The first-order valence-electron chi connectivity index (χ1n) is 10.7. The van der Waals surface area contributed by atoms with Crippen molar-refractivity contribution < 1.29 is 14.0 Å². The number of carbonyl (C=O) groups excluding carboxylic acids is 2. The Morgan fingerprint density at radius 1 is 1.15 bits per heavy atom. The molecule has 1 aromatic heterocycles. The maximum atomic E-state index is 13.5. The number of amides is 2. The molecule has 1 atom stereocenters. The van der Waals surface area contributed by atoms with E-state index >= 15 is 0 Å². The lowest BCUT2D eigenvalue weighted by Gasteiger charge is -2.33. The number of nitrogens with one attached hydrogen (secondary N) is 1. The maximum Gasteiger partial charge on any atom is 0.252 e. The highest BCUT2D eigenvalue weighted by Gasteiger charge is 2.40. The second kappa shape index (κ2) is 9.27. The number of rotatable bonds is 5. The molecule has 1 saturated heterocycles. The molecule has 3 aromatic rings. The van der Waals surface area contributed by atoms with Crippen LogP contribution in [-0.4, -0.2) is 38.8 Å². The Morgan fingerprint density at radius 3 is 2.64 bits per heavy atom. The minimum atomic E-state index is -1.16. The molecule has 0 saturated carbocycles. The third-order valence-electron chi connectivity index (χ3n) is 5.68. The number of hydrogen-bond acceptors (Lipinski definition) is 4. The highest BCUT2D eigenvalue weighted by Crippen LogP contribution is 2.33. The van der Waals surface area contributed by atoms with Crippen LogP contribution < -0.4 is 5.32 Å². The largest absolute Gasteiger partial charge is 0.338 e. The zero-order valence-electron chi connectivity index (χ0n) is 18.4. The van der Waals surface area contributed by atoms with Gasteiger partial charge in [-0.1, -0.05) is 23.7 Å². The number of hydrogen-bond donors (Lipinski definition) is 1. The van der Waals surface area contributed by atoms with E-state index in [0.717, 1.165) is 24.1 Å². The molecule has 1 fully saturated rings. The third kappa shape index (κ3) is 5.03. The lowest BCUT2D eigenvalue weighted by atomic mass is 10.0. The normalized spacial score (nSPS) is 16.0. The summed E-state index contributed by atoms with van der Waals surface area (Å²) in [6.45, 7) is 3.91. The Morgan fingerprint density at radius 2 is 1.91 bits per heavy atom. The van der Waals surface area contributed by atoms with Gasteiger partial charge in [-0.2, -0.15) is 0 Å². The van der Waals surface area contributed by atoms with Crippen molar-refractivity contribution in [3.05, 3.63) is 82.9 Å². The van der Waals surface area contributed by atoms with Gasteiger partial charge in [0.2, 0.25) is 5.91 Å². The Labute approximate surface area is 196 Å². The second-order valence-corrected chi connectivity index (χ2v) is 8.99. The summed E-state index contributed by atoms with van der Waals surface area (Å²) in [6, 6.07) is 14.1. The summed E-state index contributed by atoms with van der Waals surface area (Å²) >= 11 is 6.11. The molecule has 1 aliphatic heterocycles. The summed E-state index contributed by atoms with van der Waals surface area (Å²) in [4.78, 5) is 36.9. The molecule has 0 spiro atoms. The van der Waals surface area contributed by atoms with E-state index in [1.807, 2.05) is 18.2 Å². The summed E-state index contributed by atoms with van der Waals surface area (Å²) in [5, 5.41) is 3.38. The fraction of sp³-hybridized carbons (Fsp3) is 0.280. The fourth-order valence-corrected chi connectivity index (χ4v) is 4.20. The Hall–Kier alpha value is -3.32. The van der Waals surface area contributed by atoms with Crippen molar-refractivity contribution in [1.29, 1.82) is 0 Å². The predicted octanol–water partition coefficient (Wildman–Crippen LogP) is 4.81. The van der Waals surface area contributed by atoms with Gasteiger partial charge in [-0.25, -0.2) is 14.4 Å². The molecule has 1 aliphatic rings. The average Bonchev–Trinajstić information content (AvgIpc) is 3.28. The zero-order valence-corrected chi connectivity index (χ0v) is 19.1. The Bertz CT molecular complexity index is 1180. The molecule has 0 bridgehead atoms. The van der Waals surface area contributed by atoms with Crippen molar-refractivity contribution in [3.63, 3.8) is 0 Å². The summed E-state index contributed by atoms with van der Waals surface area (Å²) in [7, 11) is 0. The fourth-order valence-electron chi connectivity index (χ4n) is 4.01. The molecule has 6 nitrogen and oxygen atoms in total. The van der Waals surface area contributed by atoms with E-state index in [-0.39, 0.29) is 17.5 Å². The number of aromatic nitrogens is 2. The molecule has 0 radical (unpaired) electrons. The van der Waals surface area contributed by atoms with Gasteiger partial charge in [-0.05, 0) is 69.2 Å². The van der Waals surface area contributed by atoms with Gasteiger partial charge >= 0.3 is 0 Å². The van der Waals surface area contributed by atoms with Crippen molar-refractivity contribution in [1.82, 2.24) is 20.2 Å². The van der Waals surface area contributed by atoms with Crippen LogP contribution in [0.4, 0.5) is 4.39 Å². The monoisotopic (exact) mass is 466 g/mol. The van der Waals surface area contributed by atoms with E-state index < -0.39 is 17.3 Å². The number of likely N-dealkylation sites (tertiary alicyclic amines) is 1. The van der Waals surface area contributed by atoms with Crippen molar-refractivity contribution in [2.45, 2.75) is 38.3 Å². The quantitative estimate of drug-likeness (QED) is 0.585. The Kier molecular flexibility index (Phi) is 6.42. The number of carbonyl (C=O) groups is 2. The zero-order chi connectivity index (χ0) is 23.6. The molecule has 0 unspecified atom stereocenters. The second-order valence-electron chi connectivity index (χ2n) is 8.56. The lowest BCUT2D eigenvalue weighted by Crippen LogP contribution is -2.55. The molecular formula is C25H24ClFN4O2. The molecule has 2 heterocycles. The van der Waals surface area contributed by atoms with E-state index in [4.69, 9.17) is 16.6 Å². The molecule has 8 heteroatoms. The summed E-state index contributed by atoms with van der Waals surface area (Å²) in [6.07, 6.45) is 3.27. The molecule has 4 rings (SSSR count). The van der Waals surface area contributed by atoms with Crippen molar-refractivity contribution in [3.8, 4) is 11.4 Å². The van der Waals surface area contributed by atoms with Gasteiger partial charge < -0.3 is 10.2 Å². The van der Waals surface area contributed by atoms with E-state index in [2.05, 4.69) is 10.3 Å². The van der Waals surface area contributed by atoms with Crippen LogP contribution in [0.1, 0.15) is 48.8 Å². The molecule has 33 heavy (non-hydrogen) atoms. The smallest absolute Gasteiger partial charge is 0.252 e. The van der Waals surface area contributed by atoms with Crippen molar-refractivity contribution in [2.75, 3.05) is 6.54 Å². The molecule has 2 aromatic carbocycles. The molecular weight excluding hydrogens is 443 g/mol. The van der Waals surface area contributed by atoms with Gasteiger partial charge in [0.15, 0.2) is 5.82 Å². The van der Waals surface area contributed by atoms with Gasteiger partial charge in [0.1, 0.15) is 11.4 Å². The molecule has 1 N–H and O–H groups in total. The summed E-state index contributed by atoms with van der Waals surface area (Å²) < 4.78 is 13.2. The van der Waals surface area contributed by atoms with Gasteiger partial charge in [-0.3, -0.25) is 9.59 Å². The number of halogens is 2. The first-order chi connectivity index (χ1) is 15.7. The van der Waals surface area contributed by atoms with Crippen LogP contribution in [0.3, 0.4) is 0 Å². The van der Waals surface area contributed by atoms with E-state index in [0.29, 0.717) is 17.4 Å². The topological polar surface area (TPSA) is 75.2 Å². The van der Waals surface area contributed by atoms with Gasteiger partial charge in [-0.15, -0.1) is 0 Å². The van der Waals surface area contributed by atoms with Crippen molar-refractivity contribution >= 4 is 23.4 Å². The summed E-state index contributed by atoms with van der Waals surface area (Å²) in [5.74, 6) is -0.528. The molecule has 2 amide bonds. The highest BCUT2D eigenvalue weighted by atomic mass is 35.5. The third-order valence-corrected chi connectivity index (χ3v) is 5.92. The first-order valence-corrected chi connectivity index (χ1v) is 11.1. The lowest BCUT2D eigenvalue weighted by molar-refractivity contribution is -0.137. The Balaban J connectivity index is 1.54. The van der Waals surface area contributed by atoms with Crippen LogP contribution in [0.15, 0.2) is 60.8 Å². The standard InChI is InChI=1S/C25H24ClFN4O2/c1-25(2,30-23(32)16-8-10-19(27)11-9-16)24(33)31-14-4-7-21(31)20-12-13-28-22(29-20)17-5-3-6-18(26)15-17/h3,5-6,8-13,15,21H,4,7,14H2,1-2H3,(H,30,32)/t21-/m1/s1. The van der Waals surface area contributed by atoms with E-state index in [1.54, 1.807) is 37.1 Å². The van der Waals surface area contributed by atoms with Crippen LogP contribution in [0.5, 0.6) is 0 Å². The van der Waals surface area contributed by atoms with Crippen LogP contribution in [0.25, 0.3) is 11.4 Å². The van der Waals surface area contributed by atoms with E-state index in [9.17, 15) is 14.0 Å². The van der Waals surface area contributed by atoms with Crippen molar-refractivity contribution in [2.24, 2.45) is 0 Å². The number of nitrogens with zero attached hydrogens (tertiary/aromatic N) is 3. The van der Waals surface area contributed by atoms with Gasteiger partial charge in [0.05, 0.1) is 11.7 Å². The first kappa shape index (κ1) is 22.9. The minimum absolute atomic E-state index is 0.205. The predicted molar refractivity (Wildman–Crippen MR) is 124 cm³/mol. The number of benzene rings is 2.